The first kappa shape index (κ1) is 25.8. The first-order valence-corrected chi connectivity index (χ1v) is 10.5. The van der Waals surface area contributed by atoms with E-state index in [2.05, 4.69) is 15.6 Å². The summed E-state index contributed by atoms with van der Waals surface area (Å²) in [6, 6.07) is 5.61. The minimum Gasteiger partial charge on any atom is -0.493 e. The lowest BCUT2D eigenvalue weighted by atomic mass is 9.99. The van der Waals surface area contributed by atoms with Gasteiger partial charge in [-0.25, -0.2) is 4.99 Å². The zero-order valence-electron chi connectivity index (χ0n) is 17.1. The van der Waals surface area contributed by atoms with E-state index in [9.17, 15) is 5.11 Å². The summed E-state index contributed by atoms with van der Waals surface area (Å²) >= 11 is 7.89. The molecule has 0 bridgehead atoms. The molecule has 1 aromatic carbocycles. The third kappa shape index (κ3) is 7.51. The van der Waals surface area contributed by atoms with Gasteiger partial charge in [-0.1, -0.05) is 11.6 Å². The van der Waals surface area contributed by atoms with Crippen LogP contribution in [0, 0.1) is 0 Å². The molecule has 9 heteroatoms. The predicted octanol–water partition coefficient (Wildman–Crippen LogP) is 4.39. The Bertz CT molecular complexity index is 786. The van der Waals surface area contributed by atoms with Gasteiger partial charge in [0.25, 0.3) is 0 Å². The van der Waals surface area contributed by atoms with Crippen LogP contribution < -0.4 is 20.1 Å². The van der Waals surface area contributed by atoms with Crippen LogP contribution in [0.15, 0.2) is 34.0 Å². The minimum atomic E-state index is -0.984. The van der Waals surface area contributed by atoms with Crippen LogP contribution in [-0.4, -0.2) is 37.9 Å². The van der Waals surface area contributed by atoms with Crippen molar-refractivity contribution in [1.29, 1.82) is 0 Å². The maximum atomic E-state index is 10.7. The van der Waals surface area contributed by atoms with Crippen LogP contribution in [0.3, 0.4) is 0 Å². The fourth-order valence-corrected chi connectivity index (χ4v) is 3.66. The van der Waals surface area contributed by atoms with Crippen LogP contribution in [-0.2, 0) is 12.1 Å². The molecule has 0 amide bonds. The Morgan fingerprint density at radius 1 is 1.31 bits per heavy atom. The molecule has 0 saturated heterocycles. The Labute approximate surface area is 198 Å². The van der Waals surface area contributed by atoms with Gasteiger partial charge in [-0.15, -0.1) is 24.0 Å². The molecule has 3 N–H and O–H groups in total. The summed E-state index contributed by atoms with van der Waals surface area (Å²) in [5.41, 5.74) is 0.790. The van der Waals surface area contributed by atoms with Crippen LogP contribution in [0.25, 0.3) is 0 Å². The molecular formula is C20H29ClIN3O3S. The van der Waals surface area contributed by atoms with Gasteiger partial charge in [0.2, 0.25) is 0 Å². The number of nitrogens with zero attached hydrogens (tertiary/aromatic N) is 1. The summed E-state index contributed by atoms with van der Waals surface area (Å²) in [5.74, 6) is 1.73. The second-order valence-electron chi connectivity index (χ2n) is 6.38. The summed E-state index contributed by atoms with van der Waals surface area (Å²) < 4.78 is 10.9. The van der Waals surface area contributed by atoms with E-state index in [0.717, 1.165) is 11.1 Å². The first-order chi connectivity index (χ1) is 13.4. The summed E-state index contributed by atoms with van der Waals surface area (Å²) in [6.07, 6.45) is 0. The van der Waals surface area contributed by atoms with Crippen molar-refractivity contribution in [1.82, 2.24) is 10.6 Å². The Hall–Kier alpha value is -1.23. The van der Waals surface area contributed by atoms with Crippen molar-refractivity contribution < 1.29 is 14.6 Å². The van der Waals surface area contributed by atoms with Gasteiger partial charge in [-0.05, 0) is 60.9 Å². The Kier molecular flexibility index (Phi) is 11.1. The average molecular weight is 554 g/mol. The molecule has 29 heavy (non-hydrogen) atoms. The lowest BCUT2D eigenvalue weighted by Crippen LogP contribution is -2.44. The average Bonchev–Trinajstić information content (AvgIpc) is 3.21. The lowest BCUT2D eigenvalue weighted by Gasteiger charge is -2.24. The Morgan fingerprint density at radius 3 is 2.66 bits per heavy atom. The lowest BCUT2D eigenvalue weighted by molar-refractivity contribution is 0.0621. The number of ether oxygens (including phenoxy) is 2. The maximum Gasteiger partial charge on any atom is 0.191 e. The Morgan fingerprint density at radius 2 is 2.07 bits per heavy atom. The molecule has 1 atom stereocenters. The van der Waals surface area contributed by atoms with Crippen LogP contribution in [0.1, 0.15) is 31.9 Å². The predicted molar refractivity (Wildman–Crippen MR) is 131 cm³/mol. The zero-order chi connectivity index (χ0) is 20.6. The molecular weight excluding hydrogens is 525 g/mol. The number of aliphatic hydroxyl groups is 1. The highest BCUT2D eigenvalue weighted by Crippen LogP contribution is 2.36. The van der Waals surface area contributed by atoms with Gasteiger partial charge in [0.1, 0.15) is 5.60 Å². The van der Waals surface area contributed by atoms with E-state index in [0.29, 0.717) is 48.7 Å². The molecule has 6 nitrogen and oxygen atoms in total. The highest BCUT2D eigenvalue weighted by Gasteiger charge is 2.23. The summed E-state index contributed by atoms with van der Waals surface area (Å²) in [6.45, 7) is 7.62. The number of hydrogen-bond donors (Lipinski definition) is 3. The first-order valence-electron chi connectivity index (χ1n) is 9.17. The van der Waals surface area contributed by atoms with Crippen molar-refractivity contribution in [3.63, 3.8) is 0 Å². The number of rotatable bonds is 9. The number of guanidine groups is 1. The number of thiophene rings is 1. The SMILES string of the molecule is CCNC(=NCc1cc(Cl)c(OCC)c(OC)c1)NCC(C)(O)c1ccsc1.I. The van der Waals surface area contributed by atoms with Crippen molar-refractivity contribution in [2.24, 2.45) is 4.99 Å². The van der Waals surface area contributed by atoms with Gasteiger partial charge in [0.15, 0.2) is 17.5 Å². The summed E-state index contributed by atoms with van der Waals surface area (Å²) in [7, 11) is 1.58. The quantitative estimate of drug-likeness (QED) is 0.244. The van der Waals surface area contributed by atoms with Gasteiger partial charge in [0, 0.05) is 6.54 Å². The summed E-state index contributed by atoms with van der Waals surface area (Å²) in [4.78, 5) is 4.59. The molecule has 162 valence electrons. The normalized spacial score (nSPS) is 13.2. The van der Waals surface area contributed by atoms with Crippen molar-refractivity contribution in [2.45, 2.75) is 32.9 Å². The van der Waals surface area contributed by atoms with Crippen LogP contribution >= 0.6 is 46.9 Å². The van der Waals surface area contributed by atoms with E-state index in [1.807, 2.05) is 42.8 Å². The molecule has 1 heterocycles. The van der Waals surface area contributed by atoms with Gasteiger partial charge in [-0.2, -0.15) is 11.3 Å². The van der Waals surface area contributed by atoms with Crippen molar-refractivity contribution >= 4 is 52.9 Å². The fourth-order valence-electron chi connectivity index (χ4n) is 2.59. The minimum absolute atomic E-state index is 0. The molecule has 0 saturated carbocycles. The van der Waals surface area contributed by atoms with Crippen LogP contribution in [0.2, 0.25) is 5.02 Å². The highest BCUT2D eigenvalue weighted by atomic mass is 127. The zero-order valence-corrected chi connectivity index (χ0v) is 21.0. The third-order valence-electron chi connectivity index (χ3n) is 4.09. The van der Waals surface area contributed by atoms with Crippen molar-refractivity contribution in [2.75, 3.05) is 26.8 Å². The number of hydrogen-bond acceptors (Lipinski definition) is 5. The monoisotopic (exact) mass is 553 g/mol. The molecule has 0 radical (unpaired) electrons. The number of halogens is 2. The van der Waals surface area contributed by atoms with Gasteiger partial charge in [-0.3, -0.25) is 0 Å². The number of benzene rings is 1. The van der Waals surface area contributed by atoms with E-state index >= 15 is 0 Å². The van der Waals surface area contributed by atoms with Gasteiger partial charge >= 0.3 is 0 Å². The molecule has 2 rings (SSSR count). The second-order valence-corrected chi connectivity index (χ2v) is 7.56. The molecule has 0 spiro atoms. The third-order valence-corrected chi connectivity index (χ3v) is 5.05. The van der Waals surface area contributed by atoms with Crippen LogP contribution in [0.4, 0.5) is 0 Å². The molecule has 0 aliphatic carbocycles. The largest absolute Gasteiger partial charge is 0.493 e. The maximum absolute atomic E-state index is 10.7. The molecule has 0 aliphatic rings. The summed E-state index contributed by atoms with van der Waals surface area (Å²) in [5, 5.41) is 21.4. The van der Waals surface area contributed by atoms with E-state index in [-0.39, 0.29) is 24.0 Å². The van der Waals surface area contributed by atoms with Crippen molar-refractivity contribution in [3.8, 4) is 11.5 Å². The number of aliphatic imine (C=N–C) groups is 1. The molecule has 2 aromatic rings. The number of methoxy groups -OCH3 is 1. The van der Waals surface area contributed by atoms with Crippen LogP contribution in [0.5, 0.6) is 11.5 Å². The molecule has 1 unspecified atom stereocenters. The van der Waals surface area contributed by atoms with Gasteiger partial charge in [0.05, 0.1) is 31.8 Å². The smallest absolute Gasteiger partial charge is 0.191 e. The Balaban J connectivity index is 0.00000420. The topological polar surface area (TPSA) is 75.1 Å². The van der Waals surface area contributed by atoms with E-state index in [1.54, 1.807) is 25.4 Å². The second kappa shape index (κ2) is 12.5. The standard InChI is InChI=1S/C20H28ClN3O3S.HI/c1-5-22-19(24-13-20(3,25)15-7-8-28-12-15)23-11-14-9-16(21)18(27-6-2)17(10-14)26-4;/h7-10,12,25H,5-6,11,13H2,1-4H3,(H2,22,23,24);1H. The molecule has 0 fully saturated rings. The van der Waals surface area contributed by atoms with Crippen molar-refractivity contribution in [3.05, 3.63) is 45.1 Å². The van der Waals surface area contributed by atoms with E-state index < -0.39 is 5.60 Å². The highest BCUT2D eigenvalue weighted by molar-refractivity contribution is 14.0. The van der Waals surface area contributed by atoms with Gasteiger partial charge < -0.3 is 25.2 Å². The molecule has 0 aliphatic heterocycles. The van der Waals surface area contributed by atoms with E-state index in [4.69, 9.17) is 21.1 Å². The number of nitrogens with one attached hydrogen (secondary N) is 2. The molecule has 1 aromatic heterocycles. The fraction of sp³-hybridized carbons (Fsp3) is 0.450. The van der Waals surface area contributed by atoms with E-state index in [1.165, 1.54) is 0 Å².